The average molecular weight is 501 g/mol. The Hall–Kier alpha value is -4.31. The first-order chi connectivity index (χ1) is 17.4. The summed E-state index contributed by atoms with van der Waals surface area (Å²) in [4.78, 5) is 48.9. The second kappa shape index (κ2) is 8.42. The van der Waals surface area contributed by atoms with Crippen molar-refractivity contribution in [1.82, 2.24) is 29.5 Å². The summed E-state index contributed by atoms with van der Waals surface area (Å²) >= 11 is 6.45. The minimum Gasteiger partial charge on any atom is -0.368 e. The molecular weight excluding hydrogens is 480 g/mol. The normalized spacial score (nSPS) is 15.7. The van der Waals surface area contributed by atoms with Crippen molar-refractivity contribution in [3.8, 4) is 5.69 Å². The Balaban J connectivity index is 1.64. The fraction of sp³-hybridized carbons (Fsp3) is 0.200. The summed E-state index contributed by atoms with van der Waals surface area (Å²) in [6, 6.07) is 12.5. The maximum Gasteiger partial charge on any atom is 0.285 e. The lowest BCUT2D eigenvalue weighted by molar-refractivity contribution is 0.634. The second-order valence-corrected chi connectivity index (χ2v) is 9.18. The van der Waals surface area contributed by atoms with Gasteiger partial charge in [-0.2, -0.15) is 15.0 Å². The van der Waals surface area contributed by atoms with Crippen molar-refractivity contribution in [2.45, 2.75) is 25.8 Å². The van der Waals surface area contributed by atoms with E-state index in [0.29, 0.717) is 51.9 Å². The first-order valence-electron chi connectivity index (χ1n) is 11.5. The van der Waals surface area contributed by atoms with Crippen molar-refractivity contribution in [1.29, 1.82) is 0 Å². The van der Waals surface area contributed by atoms with E-state index in [9.17, 15) is 9.59 Å². The number of hydrogen-bond donors (Lipinski definition) is 2. The molecule has 1 unspecified atom stereocenters. The quantitative estimate of drug-likeness (QED) is 0.385. The zero-order valence-corrected chi connectivity index (χ0v) is 20.0. The monoisotopic (exact) mass is 500 g/mol. The highest BCUT2D eigenvalue weighted by atomic mass is 35.5. The van der Waals surface area contributed by atoms with Crippen LogP contribution in [0.1, 0.15) is 30.3 Å². The summed E-state index contributed by atoms with van der Waals surface area (Å²) in [6.07, 6.45) is 2.77. The molecule has 0 spiro atoms. The minimum atomic E-state index is -0.460. The van der Waals surface area contributed by atoms with Crippen LogP contribution in [0.25, 0.3) is 27.6 Å². The number of fused-ring (bicyclic) bond motifs is 2. The molecule has 2 aromatic carbocycles. The molecule has 1 atom stereocenters. The van der Waals surface area contributed by atoms with Crippen LogP contribution in [0.5, 0.6) is 0 Å². The smallest absolute Gasteiger partial charge is 0.285 e. The van der Waals surface area contributed by atoms with E-state index in [1.807, 2.05) is 36.1 Å². The predicted octanol–water partition coefficient (Wildman–Crippen LogP) is 3.30. The zero-order valence-electron chi connectivity index (χ0n) is 19.3. The van der Waals surface area contributed by atoms with Gasteiger partial charge < -0.3 is 15.6 Å². The van der Waals surface area contributed by atoms with E-state index in [1.165, 1.54) is 6.33 Å². The Bertz CT molecular complexity index is 1780. The van der Waals surface area contributed by atoms with Crippen molar-refractivity contribution < 1.29 is 0 Å². The Kier molecular flexibility index (Phi) is 5.18. The molecule has 36 heavy (non-hydrogen) atoms. The lowest BCUT2D eigenvalue weighted by Crippen LogP contribution is -2.33. The molecule has 1 fully saturated rings. The molecule has 0 bridgehead atoms. The maximum atomic E-state index is 13.9. The van der Waals surface area contributed by atoms with E-state index >= 15 is 0 Å². The van der Waals surface area contributed by atoms with Gasteiger partial charge in [0.2, 0.25) is 5.95 Å². The number of aromatic nitrogens is 6. The van der Waals surface area contributed by atoms with Crippen molar-refractivity contribution in [3.05, 3.63) is 85.9 Å². The van der Waals surface area contributed by atoms with Crippen molar-refractivity contribution in [3.63, 3.8) is 0 Å². The van der Waals surface area contributed by atoms with Crippen molar-refractivity contribution >= 4 is 45.3 Å². The number of nitrogen functional groups attached to an aromatic ring is 1. The van der Waals surface area contributed by atoms with E-state index in [4.69, 9.17) is 22.3 Å². The third kappa shape index (κ3) is 3.49. The molecule has 0 amide bonds. The number of anilines is 2. The second-order valence-electron chi connectivity index (χ2n) is 8.77. The summed E-state index contributed by atoms with van der Waals surface area (Å²) in [7, 11) is 0. The van der Waals surface area contributed by atoms with E-state index in [-0.39, 0.29) is 22.9 Å². The fourth-order valence-electron chi connectivity index (χ4n) is 4.93. The number of benzene rings is 2. The number of aryl methyl sites for hydroxylation is 1. The molecule has 5 aromatic rings. The molecule has 1 aliphatic rings. The molecule has 10 nitrogen and oxygen atoms in total. The lowest BCUT2D eigenvalue weighted by Gasteiger charge is -2.28. The summed E-state index contributed by atoms with van der Waals surface area (Å²) < 4.78 is 1.61. The van der Waals surface area contributed by atoms with E-state index in [0.717, 1.165) is 12.0 Å². The highest BCUT2D eigenvalue weighted by Crippen LogP contribution is 2.37. The minimum absolute atomic E-state index is 0.0272. The van der Waals surface area contributed by atoms with Gasteiger partial charge in [-0.15, -0.1) is 0 Å². The Labute approximate surface area is 209 Å². The van der Waals surface area contributed by atoms with Gasteiger partial charge in [-0.25, -0.2) is 4.98 Å². The largest absolute Gasteiger partial charge is 0.368 e. The number of aromatic amines is 1. The summed E-state index contributed by atoms with van der Waals surface area (Å²) in [6.45, 7) is 2.55. The van der Waals surface area contributed by atoms with Crippen LogP contribution in [0.15, 0.2) is 58.4 Å². The lowest BCUT2D eigenvalue weighted by atomic mass is 10.1. The highest BCUT2D eigenvalue weighted by molar-refractivity contribution is 6.35. The standard InChI is InChI=1S/C25H21ClN8O2/c1-13-5-2-6-14(11-13)34-21(30-16-8-3-7-15(26)18(16)24(34)36)17-9-4-10-33(17)22-19-20(31-25(27)32-22)28-12-29-23(19)35/h2-3,5-8,11-12,17H,4,9-10H2,1H3,(H3,27,28,29,31,32,35). The van der Waals surface area contributed by atoms with Gasteiger partial charge in [-0.3, -0.25) is 14.2 Å². The summed E-state index contributed by atoms with van der Waals surface area (Å²) in [5, 5.41) is 0.937. The van der Waals surface area contributed by atoms with Crippen LogP contribution in [-0.2, 0) is 0 Å². The summed E-state index contributed by atoms with van der Waals surface area (Å²) in [5.74, 6) is 0.924. The highest BCUT2D eigenvalue weighted by Gasteiger charge is 2.34. The van der Waals surface area contributed by atoms with Crippen LogP contribution in [0.2, 0.25) is 5.02 Å². The van der Waals surface area contributed by atoms with Gasteiger partial charge in [-0.1, -0.05) is 29.8 Å². The maximum absolute atomic E-state index is 13.9. The van der Waals surface area contributed by atoms with E-state index in [2.05, 4.69) is 19.9 Å². The van der Waals surface area contributed by atoms with Crippen LogP contribution in [-0.4, -0.2) is 36.0 Å². The number of nitrogens with one attached hydrogen (secondary N) is 1. The molecule has 1 saturated heterocycles. The molecule has 0 radical (unpaired) electrons. The molecule has 0 aliphatic carbocycles. The van der Waals surface area contributed by atoms with Gasteiger partial charge in [0.1, 0.15) is 17.0 Å². The molecular formula is C25H21ClN8O2. The van der Waals surface area contributed by atoms with Crippen LogP contribution < -0.4 is 21.8 Å². The first kappa shape index (κ1) is 22.2. The summed E-state index contributed by atoms with van der Waals surface area (Å²) in [5.41, 5.74) is 7.77. The molecule has 1 aliphatic heterocycles. The van der Waals surface area contributed by atoms with E-state index in [1.54, 1.807) is 22.8 Å². The van der Waals surface area contributed by atoms with Crippen LogP contribution in [0.4, 0.5) is 11.8 Å². The molecule has 6 rings (SSSR count). The van der Waals surface area contributed by atoms with Crippen molar-refractivity contribution in [2.75, 3.05) is 17.2 Å². The average Bonchev–Trinajstić information content (AvgIpc) is 3.33. The molecule has 11 heteroatoms. The number of H-pyrrole nitrogens is 1. The topological polar surface area (TPSA) is 136 Å². The van der Waals surface area contributed by atoms with Crippen LogP contribution >= 0.6 is 11.6 Å². The molecule has 3 N–H and O–H groups in total. The third-order valence-corrected chi connectivity index (χ3v) is 6.77. The predicted molar refractivity (Wildman–Crippen MR) is 139 cm³/mol. The molecule has 3 aromatic heterocycles. The Morgan fingerprint density at radius 2 is 1.92 bits per heavy atom. The van der Waals surface area contributed by atoms with Crippen LogP contribution in [0, 0.1) is 6.92 Å². The van der Waals surface area contributed by atoms with E-state index < -0.39 is 5.56 Å². The molecule has 4 heterocycles. The number of rotatable bonds is 3. The fourth-order valence-corrected chi connectivity index (χ4v) is 5.18. The third-order valence-electron chi connectivity index (χ3n) is 6.46. The molecule has 0 saturated carbocycles. The Morgan fingerprint density at radius 1 is 1.08 bits per heavy atom. The zero-order chi connectivity index (χ0) is 25.0. The van der Waals surface area contributed by atoms with Gasteiger partial charge in [0, 0.05) is 6.54 Å². The first-order valence-corrected chi connectivity index (χ1v) is 11.9. The molecule has 180 valence electrons. The van der Waals surface area contributed by atoms with Crippen molar-refractivity contribution in [2.24, 2.45) is 0 Å². The van der Waals surface area contributed by atoms with Gasteiger partial charge in [0.15, 0.2) is 5.65 Å². The van der Waals surface area contributed by atoms with Gasteiger partial charge in [0.25, 0.3) is 11.1 Å². The van der Waals surface area contributed by atoms with Gasteiger partial charge in [-0.05, 0) is 49.6 Å². The number of hydrogen-bond acceptors (Lipinski definition) is 8. The van der Waals surface area contributed by atoms with Gasteiger partial charge >= 0.3 is 0 Å². The van der Waals surface area contributed by atoms with Crippen LogP contribution in [0.3, 0.4) is 0 Å². The number of halogens is 1. The SMILES string of the molecule is Cc1cccc(-n2c(C3CCCN3c3nc(N)nc4[nH]cnc(=O)c34)nc3cccc(Cl)c3c2=O)c1. The number of nitrogens with zero attached hydrogens (tertiary/aromatic N) is 6. The Morgan fingerprint density at radius 3 is 2.75 bits per heavy atom. The number of nitrogens with two attached hydrogens (primary N) is 1. The van der Waals surface area contributed by atoms with Gasteiger partial charge in [0.05, 0.1) is 34.0 Å².